The second-order valence-corrected chi connectivity index (χ2v) is 6.56. The quantitative estimate of drug-likeness (QED) is 0.804. The lowest BCUT2D eigenvalue weighted by molar-refractivity contribution is -0.124. The second kappa shape index (κ2) is 9.30. The van der Waals surface area contributed by atoms with Crippen LogP contribution in [0.15, 0.2) is 30.3 Å². The third-order valence-corrected chi connectivity index (χ3v) is 4.68. The highest BCUT2D eigenvalue weighted by atomic mass is 16.5. The molecule has 2 N–H and O–H groups in total. The van der Waals surface area contributed by atoms with E-state index in [2.05, 4.69) is 10.6 Å². The molecular weight excluding hydrogens is 304 g/mol. The van der Waals surface area contributed by atoms with E-state index in [-0.39, 0.29) is 24.5 Å². The number of alkyl carbamates (subject to hydrolysis) is 1. The largest absolute Gasteiger partial charge is 0.445 e. The van der Waals surface area contributed by atoms with Gasteiger partial charge in [-0.3, -0.25) is 4.79 Å². The number of amides is 2. The summed E-state index contributed by atoms with van der Waals surface area (Å²) >= 11 is 0. The Morgan fingerprint density at radius 3 is 2.50 bits per heavy atom. The fraction of sp³-hybridized carbons (Fsp3) is 0.579. The topological polar surface area (TPSA) is 67.4 Å². The van der Waals surface area contributed by atoms with Gasteiger partial charge in [-0.15, -0.1) is 0 Å². The van der Waals surface area contributed by atoms with E-state index in [0.29, 0.717) is 0 Å². The lowest BCUT2D eigenvalue weighted by atomic mass is 9.98. The highest BCUT2D eigenvalue weighted by Crippen LogP contribution is 2.18. The Balaban J connectivity index is 1.87. The van der Waals surface area contributed by atoms with Crippen molar-refractivity contribution in [2.24, 2.45) is 5.92 Å². The van der Waals surface area contributed by atoms with E-state index in [0.717, 1.165) is 37.7 Å². The van der Waals surface area contributed by atoms with E-state index < -0.39 is 12.1 Å². The molecule has 2 atom stereocenters. The maximum atomic E-state index is 12.5. The number of nitrogens with one attached hydrogen (secondary N) is 2. The summed E-state index contributed by atoms with van der Waals surface area (Å²) in [6, 6.07) is 9.18. The van der Waals surface area contributed by atoms with Crippen LogP contribution in [-0.4, -0.2) is 24.1 Å². The van der Waals surface area contributed by atoms with Crippen LogP contribution in [-0.2, 0) is 16.1 Å². The number of rotatable bonds is 7. The van der Waals surface area contributed by atoms with Crippen LogP contribution in [0, 0.1) is 5.92 Å². The van der Waals surface area contributed by atoms with Gasteiger partial charge in [0, 0.05) is 6.04 Å². The van der Waals surface area contributed by atoms with E-state index in [1.54, 1.807) is 0 Å². The molecule has 1 fully saturated rings. The van der Waals surface area contributed by atoms with Gasteiger partial charge in [0.2, 0.25) is 5.91 Å². The maximum absolute atomic E-state index is 12.5. The third-order valence-electron chi connectivity index (χ3n) is 4.68. The molecule has 1 aliphatic rings. The van der Waals surface area contributed by atoms with Crippen molar-refractivity contribution in [2.45, 2.75) is 64.6 Å². The molecule has 5 heteroatoms. The minimum atomic E-state index is -0.557. The van der Waals surface area contributed by atoms with Gasteiger partial charge in [-0.05, 0) is 24.3 Å². The summed E-state index contributed by atoms with van der Waals surface area (Å²) in [5.74, 6) is -0.0522. The Morgan fingerprint density at radius 1 is 1.21 bits per heavy atom. The summed E-state index contributed by atoms with van der Waals surface area (Å²) in [7, 11) is 0. The van der Waals surface area contributed by atoms with Crippen LogP contribution in [0.2, 0.25) is 0 Å². The van der Waals surface area contributed by atoms with Gasteiger partial charge in [0.25, 0.3) is 0 Å². The highest BCUT2D eigenvalue weighted by molar-refractivity contribution is 5.86. The van der Waals surface area contributed by atoms with Crippen molar-refractivity contribution in [3.05, 3.63) is 35.9 Å². The summed E-state index contributed by atoms with van der Waals surface area (Å²) in [4.78, 5) is 24.6. The number of carbonyl (C=O) groups excluding carboxylic acids is 2. The van der Waals surface area contributed by atoms with Crippen LogP contribution in [0.25, 0.3) is 0 Å². The van der Waals surface area contributed by atoms with Gasteiger partial charge in [-0.2, -0.15) is 0 Å². The van der Waals surface area contributed by atoms with E-state index in [1.165, 1.54) is 0 Å². The maximum Gasteiger partial charge on any atom is 0.408 e. The summed E-state index contributed by atoms with van der Waals surface area (Å²) in [5.41, 5.74) is 0.920. The average Bonchev–Trinajstić information content (AvgIpc) is 3.11. The van der Waals surface area contributed by atoms with Crippen molar-refractivity contribution < 1.29 is 14.3 Å². The Morgan fingerprint density at radius 2 is 1.88 bits per heavy atom. The fourth-order valence-electron chi connectivity index (χ4n) is 2.95. The normalized spacial score (nSPS) is 17.1. The van der Waals surface area contributed by atoms with E-state index in [1.807, 2.05) is 44.2 Å². The molecule has 5 nitrogen and oxygen atoms in total. The molecule has 0 aliphatic heterocycles. The van der Waals surface area contributed by atoms with Crippen molar-refractivity contribution in [2.75, 3.05) is 0 Å². The minimum absolute atomic E-state index is 0.0516. The van der Waals surface area contributed by atoms with Crippen LogP contribution in [0.3, 0.4) is 0 Å². The Bertz CT molecular complexity index is 527. The monoisotopic (exact) mass is 332 g/mol. The lowest BCUT2D eigenvalue weighted by Gasteiger charge is -2.25. The number of hydrogen-bond donors (Lipinski definition) is 2. The van der Waals surface area contributed by atoms with Gasteiger partial charge < -0.3 is 15.4 Å². The predicted molar refractivity (Wildman–Crippen MR) is 93.4 cm³/mol. The van der Waals surface area contributed by atoms with Crippen LogP contribution >= 0.6 is 0 Å². The molecule has 0 radical (unpaired) electrons. The molecule has 0 saturated heterocycles. The third kappa shape index (κ3) is 5.55. The molecule has 0 unspecified atom stereocenters. The SMILES string of the molecule is CC[C@H](C)[C@H](NC(=O)OCc1ccccc1)C(=O)NC1CCCC1. The Kier molecular flexibility index (Phi) is 7.09. The van der Waals surface area contributed by atoms with Crippen LogP contribution in [0.1, 0.15) is 51.5 Å². The molecule has 132 valence electrons. The van der Waals surface area contributed by atoms with Gasteiger partial charge in [0.05, 0.1) is 0 Å². The van der Waals surface area contributed by atoms with Crippen molar-refractivity contribution in [1.29, 1.82) is 0 Å². The summed E-state index contributed by atoms with van der Waals surface area (Å²) in [6.07, 6.45) is 4.62. The van der Waals surface area contributed by atoms with Gasteiger partial charge in [-0.1, -0.05) is 63.4 Å². The first-order valence-corrected chi connectivity index (χ1v) is 8.87. The Hall–Kier alpha value is -2.04. The smallest absolute Gasteiger partial charge is 0.408 e. The summed E-state index contributed by atoms with van der Waals surface area (Å²) in [5, 5.41) is 5.80. The first-order valence-electron chi connectivity index (χ1n) is 8.87. The van der Waals surface area contributed by atoms with Crippen molar-refractivity contribution in [3.63, 3.8) is 0 Å². The molecule has 0 spiro atoms. The number of ether oxygens (including phenoxy) is 1. The molecule has 24 heavy (non-hydrogen) atoms. The molecule has 1 aromatic carbocycles. The van der Waals surface area contributed by atoms with Crippen LogP contribution < -0.4 is 10.6 Å². The average molecular weight is 332 g/mol. The van der Waals surface area contributed by atoms with Gasteiger partial charge in [0.1, 0.15) is 12.6 Å². The van der Waals surface area contributed by atoms with E-state index >= 15 is 0 Å². The summed E-state index contributed by atoms with van der Waals surface area (Å²) < 4.78 is 5.24. The molecule has 2 rings (SSSR count). The standard InChI is InChI=1S/C19H28N2O3/c1-3-14(2)17(18(22)20-16-11-7-8-12-16)21-19(23)24-13-15-9-5-4-6-10-15/h4-6,9-10,14,16-17H,3,7-8,11-13H2,1-2H3,(H,20,22)(H,21,23)/t14-,17-/m0/s1. The van der Waals surface area contributed by atoms with Gasteiger partial charge >= 0.3 is 6.09 Å². The molecule has 0 heterocycles. The lowest BCUT2D eigenvalue weighted by Crippen LogP contribution is -2.52. The molecule has 1 aromatic rings. The Labute approximate surface area is 144 Å². The van der Waals surface area contributed by atoms with Gasteiger partial charge in [0.15, 0.2) is 0 Å². The van der Waals surface area contributed by atoms with Crippen LogP contribution in [0.5, 0.6) is 0 Å². The predicted octanol–water partition coefficient (Wildman–Crippen LogP) is 3.39. The van der Waals surface area contributed by atoms with E-state index in [4.69, 9.17) is 4.74 Å². The minimum Gasteiger partial charge on any atom is -0.445 e. The van der Waals surface area contributed by atoms with Crippen LogP contribution in [0.4, 0.5) is 4.79 Å². The molecular formula is C19H28N2O3. The first-order chi connectivity index (χ1) is 11.6. The van der Waals surface area contributed by atoms with Crippen molar-refractivity contribution in [1.82, 2.24) is 10.6 Å². The zero-order valence-electron chi connectivity index (χ0n) is 14.6. The van der Waals surface area contributed by atoms with E-state index in [9.17, 15) is 9.59 Å². The second-order valence-electron chi connectivity index (χ2n) is 6.56. The zero-order chi connectivity index (χ0) is 17.4. The van der Waals surface area contributed by atoms with Gasteiger partial charge in [-0.25, -0.2) is 4.79 Å². The highest BCUT2D eigenvalue weighted by Gasteiger charge is 2.28. The molecule has 2 amide bonds. The number of carbonyl (C=O) groups is 2. The molecule has 0 aromatic heterocycles. The number of benzene rings is 1. The zero-order valence-corrected chi connectivity index (χ0v) is 14.6. The fourth-order valence-corrected chi connectivity index (χ4v) is 2.95. The molecule has 0 bridgehead atoms. The van der Waals surface area contributed by atoms with Crippen molar-refractivity contribution >= 4 is 12.0 Å². The first kappa shape index (κ1) is 18.3. The summed E-state index contributed by atoms with van der Waals surface area (Å²) in [6.45, 7) is 4.18. The molecule has 1 aliphatic carbocycles. The van der Waals surface area contributed by atoms with Crippen molar-refractivity contribution in [3.8, 4) is 0 Å². The molecule has 1 saturated carbocycles. The number of hydrogen-bond acceptors (Lipinski definition) is 3.